The van der Waals surface area contributed by atoms with Crippen molar-refractivity contribution in [3.63, 3.8) is 0 Å². The summed E-state index contributed by atoms with van der Waals surface area (Å²) in [5, 5.41) is 2.47. The van der Waals surface area contributed by atoms with E-state index in [0.29, 0.717) is 0 Å². The van der Waals surface area contributed by atoms with E-state index in [1.807, 2.05) is 18.4 Å². The van der Waals surface area contributed by atoms with Gasteiger partial charge in [-0.2, -0.15) is 0 Å². The summed E-state index contributed by atoms with van der Waals surface area (Å²) in [6, 6.07) is 18.4. The van der Waals surface area contributed by atoms with E-state index < -0.39 is 5.54 Å². The molecule has 1 heterocycles. The molecule has 3 heteroatoms. The highest BCUT2D eigenvalue weighted by Gasteiger charge is 2.46. The van der Waals surface area contributed by atoms with Crippen LogP contribution >= 0.6 is 0 Å². The highest BCUT2D eigenvalue weighted by molar-refractivity contribution is 5.92. The van der Waals surface area contributed by atoms with Crippen LogP contribution in [0.25, 0.3) is 16.8 Å². The molecule has 2 bridgehead atoms. The van der Waals surface area contributed by atoms with Crippen LogP contribution in [0.1, 0.15) is 37.1 Å². The molecule has 1 N–H and O–H groups in total. The highest BCUT2D eigenvalue weighted by Crippen LogP contribution is 2.51. The average molecular weight is 407 g/mol. The van der Waals surface area contributed by atoms with E-state index in [-0.39, 0.29) is 11.5 Å². The molecular formula is C28H26N2O. The molecule has 31 heavy (non-hydrogen) atoms. The summed E-state index contributed by atoms with van der Waals surface area (Å²) in [4.78, 5) is 20.2. The summed E-state index contributed by atoms with van der Waals surface area (Å²) in [5.74, 6) is 0.281. The summed E-state index contributed by atoms with van der Waals surface area (Å²) in [6.45, 7) is 4.29. The van der Waals surface area contributed by atoms with Crippen LogP contribution in [0.4, 0.5) is 0 Å². The molecule has 2 aliphatic carbocycles. The van der Waals surface area contributed by atoms with Crippen molar-refractivity contribution in [2.24, 2.45) is 10.9 Å². The quantitative estimate of drug-likeness (QED) is 0.422. The topological polar surface area (TPSA) is 45.2 Å². The monoisotopic (exact) mass is 406 g/mol. The lowest BCUT2D eigenvalue weighted by Crippen LogP contribution is -2.40. The van der Waals surface area contributed by atoms with Gasteiger partial charge in [0, 0.05) is 35.9 Å². The molecule has 0 radical (unpaired) electrons. The van der Waals surface area contributed by atoms with E-state index in [1.165, 1.54) is 27.5 Å². The van der Waals surface area contributed by atoms with Gasteiger partial charge in [0.2, 0.25) is 5.56 Å². The maximum Gasteiger partial charge on any atom is 0.248 e. The first-order valence-corrected chi connectivity index (χ1v) is 10.9. The number of benzene rings is 2. The van der Waals surface area contributed by atoms with Gasteiger partial charge in [0.1, 0.15) is 5.54 Å². The van der Waals surface area contributed by atoms with Gasteiger partial charge in [-0.25, -0.2) is 0 Å². The maximum atomic E-state index is 12.0. The molecule has 0 saturated heterocycles. The molecule has 0 spiro atoms. The van der Waals surface area contributed by atoms with Gasteiger partial charge in [-0.05, 0) is 54.3 Å². The number of aromatic amines is 1. The van der Waals surface area contributed by atoms with E-state index in [2.05, 4.69) is 79.5 Å². The van der Waals surface area contributed by atoms with Crippen LogP contribution in [-0.2, 0) is 12.0 Å². The van der Waals surface area contributed by atoms with Crippen molar-refractivity contribution in [1.29, 1.82) is 0 Å². The molecule has 3 aromatic rings. The molecule has 2 unspecified atom stereocenters. The second kappa shape index (κ2) is 7.66. The van der Waals surface area contributed by atoms with Crippen LogP contribution in [0.2, 0.25) is 0 Å². The molecule has 2 aromatic carbocycles. The molecule has 0 amide bonds. The number of aromatic nitrogens is 1. The summed E-state index contributed by atoms with van der Waals surface area (Å²) in [5.41, 5.74) is 5.51. The Morgan fingerprint density at radius 3 is 2.81 bits per heavy atom. The number of H-pyrrole nitrogens is 1. The van der Waals surface area contributed by atoms with Crippen LogP contribution in [0.3, 0.4) is 0 Å². The van der Waals surface area contributed by atoms with Crippen LogP contribution < -0.4 is 5.56 Å². The van der Waals surface area contributed by atoms with Gasteiger partial charge in [-0.3, -0.25) is 9.79 Å². The van der Waals surface area contributed by atoms with Gasteiger partial charge in [-0.15, -0.1) is 0 Å². The van der Waals surface area contributed by atoms with Gasteiger partial charge >= 0.3 is 0 Å². The fraction of sp³-hybridized carbons (Fsp3) is 0.214. The molecular weight excluding hydrogens is 380 g/mol. The molecule has 2 atom stereocenters. The molecule has 0 fully saturated rings. The van der Waals surface area contributed by atoms with Crippen LogP contribution in [-0.4, -0.2) is 11.2 Å². The van der Waals surface area contributed by atoms with Crippen molar-refractivity contribution >= 4 is 23.1 Å². The minimum Gasteiger partial charge on any atom is -0.326 e. The fourth-order valence-corrected chi connectivity index (χ4v) is 5.37. The maximum absolute atomic E-state index is 12.0. The van der Waals surface area contributed by atoms with E-state index in [4.69, 9.17) is 4.99 Å². The zero-order chi connectivity index (χ0) is 21.4. The highest BCUT2D eigenvalue weighted by atomic mass is 16.1. The second-order valence-corrected chi connectivity index (χ2v) is 8.53. The number of fused-ring (bicyclic) bond motifs is 5. The summed E-state index contributed by atoms with van der Waals surface area (Å²) >= 11 is 0. The minimum atomic E-state index is -0.445. The first-order chi connectivity index (χ1) is 15.1. The molecule has 3 nitrogen and oxygen atoms in total. The van der Waals surface area contributed by atoms with Crippen molar-refractivity contribution in [2.45, 2.75) is 32.2 Å². The lowest BCUT2D eigenvalue weighted by molar-refractivity contribution is 0.413. The molecule has 0 aliphatic heterocycles. The standard InChI is InChI=1S/C28H26N2O/c1-3-24-22-16-19(2)18-28(24,25-13-14-27(31)30-26(25)17-22)29-15-7-11-21-10-6-9-20-8-4-5-12-23(20)21/h3-16,22H,17-18H2,1-2H3,(H,30,31). The average Bonchev–Trinajstić information content (AvgIpc) is 2.76. The normalized spacial score (nSPS) is 24.1. The predicted octanol–water partition coefficient (Wildman–Crippen LogP) is 5.98. The van der Waals surface area contributed by atoms with Gasteiger partial charge < -0.3 is 4.98 Å². The number of hydrogen-bond acceptors (Lipinski definition) is 2. The van der Waals surface area contributed by atoms with Crippen LogP contribution in [0.5, 0.6) is 0 Å². The van der Waals surface area contributed by atoms with E-state index >= 15 is 0 Å². The Bertz CT molecular complexity index is 1330. The number of hydrogen-bond donors (Lipinski definition) is 1. The van der Waals surface area contributed by atoms with Crippen molar-refractivity contribution in [3.8, 4) is 0 Å². The third-order valence-electron chi connectivity index (χ3n) is 6.56. The Labute approximate surface area is 182 Å². The van der Waals surface area contributed by atoms with Crippen molar-refractivity contribution in [1.82, 2.24) is 4.98 Å². The Morgan fingerprint density at radius 2 is 1.94 bits per heavy atom. The number of aliphatic imine (C=N–C) groups is 1. The number of allylic oxidation sites excluding steroid dienone is 3. The third kappa shape index (κ3) is 3.31. The summed E-state index contributed by atoms with van der Waals surface area (Å²) in [6.07, 6.45) is 12.3. The van der Waals surface area contributed by atoms with Gasteiger partial charge in [0.05, 0.1) is 0 Å². The smallest absolute Gasteiger partial charge is 0.248 e. The van der Waals surface area contributed by atoms with Gasteiger partial charge in [0.15, 0.2) is 0 Å². The van der Waals surface area contributed by atoms with Crippen LogP contribution in [0.15, 0.2) is 93.8 Å². The SMILES string of the molecule is CC=C1C2C=C(C)CC1(N=CC=Cc1cccc3ccccc13)c1ccc(=O)[nH]c1C2. The van der Waals surface area contributed by atoms with Crippen LogP contribution in [0, 0.1) is 5.92 Å². The number of nitrogens with zero attached hydrogens (tertiary/aromatic N) is 1. The largest absolute Gasteiger partial charge is 0.326 e. The van der Waals surface area contributed by atoms with E-state index in [1.54, 1.807) is 6.07 Å². The lowest BCUT2D eigenvalue weighted by Gasteiger charge is -2.45. The fourth-order valence-electron chi connectivity index (χ4n) is 5.37. The van der Waals surface area contributed by atoms with Crippen molar-refractivity contribution < 1.29 is 0 Å². The molecule has 1 aromatic heterocycles. The van der Waals surface area contributed by atoms with E-state index in [0.717, 1.165) is 24.1 Å². The first kappa shape index (κ1) is 19.5. The molecule has 2 aliphatic rings. The van der Waals surface area contributed by atoms with Gasteiger partial charge in [0.25, 0.3) is 0 Å². The summed E-state index contributed by atoms with van der Waals surface area (Å²) in [7, 11) is 0. The Balaban J connectivity index is 1.57. The predicted molar refractivity (Wildman–Crippen MR) is 130 cm³/mol. The summed E-state index contributed by atoms with van der Waals surface area (Å²) < 4.78 is 0. The van der Waals surface area contributed by atoms with Gasteiger partial charge in [-0.1, -0.05) is 66.3 Å². The third-order valence-corrected chi connectivity index (χ3v) is 6.56. The zero-order valence-corrected chi connectivity index (χ0v) is 17.9. The molecule has 154 valence electrons. The Hall–Kier alpha value is -3.46. The lowest BCUT2D eigenvalue weighted by atomic mass is 9.63. The zero-order valence-electron chi connectivity index (χ0n) is 17.9. The molecule has 0 saturated carbocycles. The Morgan fingerprint density at radius 1 is 1.10 bits per heavy atom. The van der Waals surface area contributed by atoms with Crippen molar-refractivity contribution in [3.05, 3.63) is 111 Å². The second-order valence-electron chi connectivity index (χ2n) is 8.53. The Kier molecular flexibility index (Phi) is 4.82. The van der Waals surface area contributed by atoms with E-state index in [9.17, 15) is 4.79 Å². The van der Waals surface area contributed by atoms with Crippen molar-refractivity contribution in [2.75, 3.05) is 0 Å². The minimum absolute atomic E-state index is 0.0450. The number of rotatable bonds is 3. The first-order valence-electron chi connectivity index (χ1n) is 10.9. The number of pyridine rings is 1. The molecule has 5 rings (SSSR count). The number of nitrogens with one attached hydrogen (secondary N) is 1.